The molecule has 2 heterocycles. The summed E-state index contributed by atoms with van der Waals surface area (Å²) >= 11 is 5.94. The lowest BCUT2D eigenvalue weighted by molar-refractivity contribution is 0.146. The van der Waals surface area contributed by atoms with Gasteiger partial charge in [0.25, 0.3) is 0 Å². The summed E-state index contributed by atoms with van der Waals surface area (Å²) in [6, 6.07) is 7.10. The number of carbonyl (C=O) groups is 1. The number of benzene rings is 1. The second kappa shape index (κ2) is 8.51. The molecule has 1 aromatic carbocycles. The molecule has 0 radical (unpaired) electrons. The molecule has 0 saturated carbocycles. The van der Waals surface area contributed by atoms with E-state index in [1.54, 1.807) is 7.11 Å². The van der Waals surface area contributed by atoms with Crippen molar-refractivity contribution in [2.75, 3.05) is 26.8 Å². The number of hydrogen-bond acceptors (Lipinski definition) is 5. The van der Waals surface area contributed by atoms with Crippen molar-refractivity contribution in [2.24, 2.45) is 0 Å². The Bertz CT molecular complexity index is 726. The molecule has 1 aliphatic heterocycles. The molecule has 1 aromatic heterocycles. The maximum Gasteiger partial charge on any atom is 0.317 e. The second-order valence-corrected chi connectivity index (χ2v) is 6.89. The first-order valence-corrected chi connectivity index (χ1v) is 9.04. The van der Waals surface area contributed by atoms with Crippen molar-refractivity contribution in [1.29, 1.82) is 0 Å². The average Bonchev–Trinajstić information content (AvgIpc) is 3.08. The van der Waals surface area contributed by atoms with Crippen LogP contribution in [0.25, 0.3) is 0 Å². The van der Waals surface area contributed by atoms with E-state index in [2.05, 4.69) is 15.5 Å². The van der Waals surface area contributed by atoms with E-state index in [1.165, 1.54) is 0 Å². The molecule has 2 amide bonds. The van der Waals surface area contributed by atoms with Crippen LogP contribution in [0.1, 0.15) is 42.1 Å². The minimum atomic E-state index is -0.221. The van der Waals surface area contributed by atoms with Gasteiger partial charge in [-0.15, -0.1) is 0 Å². The van der Waals surface area contributed by atoms with E-state index in [4.69, 9.17) is 20.9 Å². The molecule has 140 valence electrons. The molecule has 3 rings (SSSR count). The molecule has 1 aliphatic rings. The maximum atomic E-state index is 12.7. The highest BCUT2D eigenvalue weighted by Gasteiger charge is 2.28. The third kappa shape index (κ3) is 4.53. The van der Waals surface area contributed by atoms with Gasteiger partial charge in [-0.05, 0) is 37.5 Å². The molecule has 0 spiro atoms. The lowest BCUT2D eigenvalue weighted by Gasteiger charge is -2.32. The Kier molecular flexibility index (Phi) is 6.11. The minimum Gasteiger partial charge on any atom is -0.382 e. The number of aromatic nitrogens is 2. The van der Waals surface area contributed by atoms with Crippen molar-refractivity contribution in [3.05, 3.63) is 46.6 Å². The van der Waals surface area contributed by atoms with E-state index >= 15 is 0 Å². The number of halogens is 1. The summed E-state index contributed by atoms with van der Waals surface area (Å²) in [4.78, 5) is 18.8. The van der Waals surface area contributed by atoms with Crippen LogP contribution in [0.3, 0.4) is 0 Å². The van der Waals surface area contributed by atoms with Gasteiger partial charge in [-0.1, -0.05) is 28.9 Å². The van der Waals surface area contributed by atoms with E-state index in [1.807, 2.05) is 36.1 Å². The third-order valence-electron chi connectivity index (χ3n) is 4.58. The van der Waals surface area contributed by atoms with E-state index in [-0.39, 0.29) is 18.0 Å². The van der Waals surface area contributed by atoms with Crippen molar-refractivity contribution in [3.8, 4) is 0 Å². The number of amides is 2. The van der Waals surface area contributed by atoms with E-state index in [0.717, 1.165) is 18.4 Å². The molecule has 26 heavy (non-hydrogen) atoms. The van der Waals surface area contributed by atoms with Crippen LogP contribution in [-0.4, -0.2) is 47.9 Å². The predicted molar refractivity (Wildman–Crippen MR) is 97.2 cm³/mol. The summed E-state index contributed by atoms with van der Waals surface area (Å²) in [5.41, 5.74) is 0.959. The third-order valence-corrected chi connectivity index (χ3v) is 4.83. The number of aryl methyl sites for hydroxylation is 1. The van der Waals surface area contributed by atoms with Crippen LogP contribution in [0.2, 0.25) is 5.02 Å². The summed E-state index contributed by atoms with van der Waals surface area (Å²) in [5, 5.41) is 7.55. The zero-order valence-corrected chi connectivity index (χ0v) is 15.7. The fraction of sp³-hybridized carbons (Fsp3) is 0.500. The van der Waals surface area contributed by atoms with Crippen LogP contribution in [0.4, 0.5) is 4.79 Å². The van der Waals surface area contributed by atoms with Crippen molar-refractivity contribution in [3.63, 3.8) is 0 Å². The zero-order chi connectivity index (χ0) is 18.5. The van der Waals surface area contributed by atoms with Crippen LogP contribution in [-0.2, 0) is 4.74 Å². The summed E-state index contributed by atoms with van der Waals surface area (Å²) in [7, 11) is 1.62. The summed E-state index contributed by atoms with van der Waals surface area (Å²) in [6.07, 6.45) is 1.62. The number of ether oxygens (including phenoxy) is 1. The molecular weight excluding hydrogens is 356 g/mol. The average molecular weight is 379 g/mol. The number of likely N-dealkylation sites (tertiary alicyclic amines) is 1. The summed E-state index contributed by atoms with van der Waals surface area (Å²) in [6.45, 7) is 3.50. The molecule has 1 saturated heterocycles. The minimum absolute atomic E-state index is 0.0952. The molecule has 0 bridgehead atoms. The predicted octanol–water partition coefficient (Wildman–Crippen LogP) is 3.31. The Balaban J connectivity index is 1.57. The number of carbonyl (C=O) groups excluding carboxylic acids is 1. The molecule has 7 nitrogen and oxygen atoms in total. The first-order chi connectivity index (χ1) is 12.6. The highest BCUT2D eigenvalue weighted by Crippen LogP contribution is 2.27. The maximum absolute atomic E-state index is 12.7. The fourth-order valence-corrected chi connectivity index (χ4v) is 3.26. The quantitative estimate of drug-likeness (QED) is 0.863. The van der Waals surface area contributed by atoms with E-state index in [9.17, 15) is 4.79 Å². The first kappa shape index (κ1) is 18.7. The zero-order valence-electron chi connectivity index (χ0n) is 14.9. The molecule has 8 heteroatoms. The molecule has 1 atom stereocenters. The van der Waals surface area contributed by atoms with Crippen LogP contribution in [0, 0.1) is 6.92 Å². The number of hydrogen-bond donors (Lipinski definition) is 1. The van der Waals surface area contributed by atoms with Gasteiger partial charge in [-0.25, -0.2) is 4.79 Å². The second-order valence-electron chi connectivity index (χ2n) is 6.45. The number of nitrogens with one attached hydrogen (secondary N) is 1. The Morgan fingerprint density at radius 1 is 1.38 bits per heavy atom. The number of nitrogens with zero attached hydrogens (tertiary/aromatic N) is 3. The molecule has 1 unspecified atom stereocenters. The number of piperidine rings is 1. The van der Waals surface area contributed by atoms with E-state index in [0.29, 0.717) is 36.4 Å². The van der Waals surface area contributed by atoms with Crippen LogP contribution < -0.4 is 5.32 Å². The van der Waals surface area contributed by atoms with Gasteiger partial charge >= 0.3 is 6.03 Å². The van der Waals surface area contributed by atoms with Crippen LogP contribution in [0.5, 0.6) is 0 Å². The van der Waals surface area contributed by atoms with E-state index < -0.39 is 0 Å². The number of methoxy groups -OCH3 is 1. The highest BCUT2D eigenvalue weighted by molar-refractivity contribution is 6.30. The lowest BCUT2D eigenvalue weighted by Crippen LogP contribution is -2.46. The topological polar surface area (TPSA) is 80.5 Å². The van der Waals surface area contributed by atoms with Gasteiger partial charge < -0.3 is 19.5 Å². The summed E-state index contributed by atoms with van der Waals surface area (Å²) in [5.74, 6) is 1.53. The van der Waals surface area contributed by atoms with Gasteiger partial charge in [-0.2, -0.15) is 4.98 Å². The van der Waals surface area contributed by atoms with Crippen molar-refractivity contribution >= 4 is 17.6 Å². The number of rotatable bonds is 5. The Morgan fingerprint density at radius 3 is 2.65 bits per heavy atom. The SMILES string of the molecule is COCC(NC(=O)N1CCC(c2nc(C)no2)CC1)c1ccc(Cl)cc1. The highest BCUT2D eigenvalue weighted by atomic mass is 35.5. The largest absolute Gasteiger partial charge is 0.382 e. The summed E-state index contributed by atoms with van der Waals surface area (Å²) < 4.78 is 10.5. The van der Waals surface area contributed by atoms with Crippen molar-refractivity contribution in [2.45, 2.75) is 31.7 Å². The van der Waals surface area contributed by atoms with Gasteiger partial charge in [0.15, 0.2) is 5.82 Å². The molecule has 1 N–H and O–H groups in total. The Labute approximate surface area is 157 Å². The Hall–Kier alpha value is -2.12. The molecule has 0 aliphatic carbocycles. The Morgan fingerprint density at radius 2 is 2.08 bits per heavy atom. The van der Waals surface area contributed by atoms with Crippen LogP contribution >= 0.6 is 11.6 Å². The molecule has 2 aromatic rings. The lowest BCUT2D eigenvalue weighted by atomic mass is 9.97. The van der Waals surface area contributed by atoms with Gasteiger partial charge in [-0.3, -0.25) is 0 Å². The van der Waals surface area contributed by atoms with Crippen molar-refractivity contribution in [1.82, 2.24) is 20.4 Å². The molecular formula is C18H23ClN4O3. The van der Waals surface area contributed by atoms with Gasteiger partial charge in [0, 0.05) is 31.1 Å². The number of urea groups is 1. The smallest absolute Gasteiger partial charge is 0.317 e. The standard InChI is InChI=1S/C18H23ClN4O3/c1-12-20-17(26-22-12)14-7-9-23(10-8-14)18(24)21-16(11-25-2)13-3-5-15(19)6-4-13/h3-6,14,16H,7-11H2,1-2H3,(H,21,24). The monoisotopic (exact) mass is 378 g/mol. The van der Waals surface area contributed by atoms with Gasteiger partial charge in [0.2, 0.25) is 5.89 Å². The fourth-order valence-electron chi connectivity index (χ4n) is 3.13. The molecule has 1 fully saturated rings. The van der Waals surface area contributed by atoms with Gasteiger partial charge in [0.05, 0.1) is 12.6 Å². The normalized spacial score (nSPS) is 16.5. The first-order valence-electron chi connectivity index (χ1n) is 8.67. The van der Waals surface area contributed by atoms with Crippen molar-refractivity contribution < 1.29 is 14.1 Å². The van der Waals surface area contributed by atoms with Crippen LogP contribution in [0.15, 0.2) is 28.8 Å². The van der Waals surface area contributed by atoms with Gasteiger partial charge in [0.1, 0.15) is 0 Å².